The fourth-order valence-corrected chi connectivity index (χ4v) is 4.73. The number of rotatable bonds is 4. The van der Waals surface area contributed by atoms with Gasteiger partial charge in [0.05, 0.1) is 6.54 Å². The van der Waals surface area contributed by atoms with Crippen molar-refractivity contribution in [1.82, 2.24) is 14.7 Å². The second kappa shape index (κ2) is 9.18. The van der Waals surface area contributed by atoms with E-state index < -0.39 is 0 Å². The van der Waals surface area contributed by atoms with Gasteiger partial charge in [-0.2, -0.15) is 0 Å². The Labute approximate surface area is 157 Å². The molecule has 3 heterocycles. The van der Waals surface area contributed by atoms with E-state index in [1.54, 1.807) is 0 Å². The zero-order valence-electron chi connectivity index (χ0n) is 16.2. The number of hydrogen-bond donors (Lipinski definition) is 1. The number of amides is 2. The zero-order chi connectivity index (χ0) is 18.5. The molecule has 0 saturated carbocycles. The molecular formula is C20H35N3O3. The molecule has 1 N–H and O–H groups in total. The molecule has 0 aromatic carbocycles. The SMILES string of the molecule is C[C@@H]1CN(CC(=O)N2CCC(C(=O)N3CCCCCC3)CC2)C[C@H]1CO. The second-order valence-corrected chi connectivity index (χ2v) is 8.51. The summed E-state index contributed by atoms with van der Waals surface area (Å²) in [5, 5.41) is 9.39. The summed E-state index contributed by atoms with van der Waals surface area (Å²) in [6, 6.07) is 0. The predicted molar refractivity (Wildman–Crippen MR) is 101 cm³/mol. The molecule has 3 aliphatic rings. The Balaban J connectivity index is 1.43. The highest BCUT2D eigenvalue weighted by atomic mass is 16.3. The van der Waals surface area contributed by atoms with Crippen LogP contribution in [0.4, 0.5) is 0 Å². The monoisotopic (exact) mass is 365 g/mol. The van der Waals surface area contributed by atoms with Crippen LogP contribution in [0.2, 0.25) is 0 Å². The fourth-order valence-electron chi connectivity index (χ4n) is 4.73. The summed E-state index contributed by atoms with van der Waals surface area (Å²) in [6.45, 7) is 7.74. The highest BCUT2D eigenvalue weighted by molar-refractivity contribution is 5.81. The van der Waals surface area contributed by atoms with Crippen molar-refractivity contribution < 1.29 is 14.7 Å². The van der Waals surface area contributed by atoms with Gasteiger partial charge in [0.1, 0.15) is 0 Å². The molecule has 2 atom stereocenters. The van der Waals surface area contributed by atoms with Crippen LogP contribution in [0.3, 0.4) is 0 Å². The number of nitrogens with zero attached hydrogens (tertiary/aromatic N) is 3. The molecule has 6 nitrogen and oxygen atoms in total. The van der Waals surface area contributed by atoms with Crippen LogP contribution < -0.4 is 0 Å². The molecule has 0 unspecified atom stereocenters. The van der Waals surface area contributed by atoms with Gasteiger partial charge in [-0.3, -0.25) is 14.5 Å². The number of likely N-dealkylation sites (tertiary alicyclic amines) is 3. The number of piperidine rings is 1. The number of aliphatic hydroxyl groups excluding tert-OH is 1. The highest BCUT2D eigenvalue weighted by Crippen LogP contribution is 2.24. The van der Waals surface area contributed by atoms with Gasteiger partial charge >= 0.3 is 0 Å². The smallest absolute Gasteiger partial charge is 0.236 e. The summed E-state index contributed by atoms with van der Waals surface area (Å²) in [7, 11) is 0. The van der Waals surface area contributed by atoms with Crippen molar-refractivity contribution in [2.75, 3.05) is 52.4 Å². The molecule has 3 aliphatic heterocycles. The Morgan fingerprint density at radius 2 is 1.58 bits per heavy atom. The third-order valence-electron chi connectivity index (χ3n) is 6.55. The summed E-state index contributed by atoms with van der Waals surface area (Å²) >= 11 is 0. The second-order valence-electron chi connectivity index (χ2n) is 8.51. The minimum atomic E-state index is 0.0997. The number of carbonyl (C=O) groups is 2. The van der Waals surface area contributed by atoms with Crippen LogP contribution in [-0.4, -0.2) is 84.0 Å². The van der Waals surface area contributed by atoms with Crippen LogP contribution in [0.25, 0.3) is 0 Å². The third-order valence-corrected chi connectivity index (χ3v) is 6.55. The molecule has 0 aromatic rings. The molecule has 2 amide bonds. The summed E-state index contributed by atoms with van der Waals surface area (Å²) in [4.78, 5) is 31.5. The van der Waals surface area contributed by atoms with Gasteiger partial charge in [0.15, 0.2) is 0 Å². The van der Waals surface area contributed by atoms with Crippen LogP contribution in [0.15, 0.2) is 0 Å². The van der Waals surface area contributed by atoms with Crippen molar-refractivity contribution in [1.29, 1.82) is 0 Å². The summed E-state index contributed by atoms with van der Waals surface area (Å²) in [5.41, 5.74) is 0. The molecule has 0 bridgehead atoms. The van der Waals surface area contributed by atoms with Crippen molar-refractivity contribution in [2.45, 2.75) is 45.4 Å². The maximum Gasteiger partial charge on any atom is 0.236 e. The van der Waals surface area contributed by atoms with Crippen molar-refractivity contribution in [3.63, 3.8) is 0 Å². The Morgan fingerprint density at radius 3 is 2.15 bits per heavy atom. The average Bonchev–Trinajstić information content (AvgIpc) is 2.85. The third kappa shape index (κ3) is 4.77. The van der Waals surface area contributed by atoms with Crippen LogP contribution in [0.5, 0.6) is 0 Å². The molecule has 0 aromatic heterocycles. The van der Waals surface area contributed by atoms with Crippen LogP contribution in [0.1, 0.15) is 45.4 Å². The molecular weight excluding hydrogens is 330 g/mol. The van der Waals surface area contributed by atoms with Crippen molar-refractivity contribution in [3.05, 3.63) is 0 Å². The number of carbonyl (C=O) groups excluding carboxylic acids is 2. The lowest BCUT2D eigenvalue weighted by atomic mass is 9.95. The maximum absolute atomic E-state index is 12.8. The average molecular weight is 366 g/mol. The van der Waals surface area contributed by atoms with E-state index in [-0.39, 0.29) is 18.4 Å². The number of hydrogen-bond acceptors (Lipinski definition) is 4. The molecule has 26 heavy (non-hydrogen) atoms. The van der Waals surface area contributed by atoms with E-state index in [1.807, 2.05) is 4.90 Å². The standard InChI is InChI=1S/C20H35N3O3/c1-16-12-21(13-18(16)15-24)14-19(25)22-10-6-17(7-11-22)20(26)23-8-4-2-3-5-9-23/h16-18,24H,2-15H2,1H3/t16-,18+/m1/s1. The minimum absolute atomic E-state index is 0.0997. The first-order chi connectivity index (χ1) is 12.6. The van der Waals surface area contributed by atoms with Crippen molar-refractivity contribution in [3.8, 4) is 0 Å². The van der Waals surface area contributed by atoms with Gasteiger partial charge in [-0.1, -0.05) is 19.8 Å². The first-order valence-electron chi connectivity index (χ1n) is 10.5. The Morgan fingerprint density at radius 1 is 0.923 bits per heavy atom. The molecule has 3 rings (SSSR count). The van der Waals surface area contributed by atoms with E-state index in [1.165, 1.54) is 12.8 Å². The van der Waals surface area contributed by atoms with E-state index >= 15 is 0 Å². The largest absolute Gasteiger partial charge is 0.396 e. The van der Waals surface area contributed by atoms with Crippen molar-refractivity contribution >= 4 is 11.8 Å². The number of aliphatic hydroxyl groups is 1. The van der Waals surface area contributed by atoms with Gasteiger partial charge in [0.2, 0.25) is 11.8 Å². The van der Waals surface area contributed by atoms with Crippen LogP contribution in [-0.2, 0) is 9.59 Å². The molecule has 6 heteroatoms. The Kier molecular flexibility index (Phi) is 6.92. The molecule has 0 spiro atoms. The zero-order valence-corrected chi connectivity index (χ0v) is 16.2. The van der Waals surface area contributed by atoms with Crippen LogP contribution in [0, 0.1) is 17.8 Å². The van der Waals surface area contributed by atoms with Gasteiger partial charge in [-0.05, 0) is 37.5 Å². The molecule has 0 aliphatic carbocycles. The topological polar surface area (TPSA) is 64.1 Å². The lowest BCUT2D eigenvalue weighted by Gasteiger charge is -2.34. The first-order valence-corrected chi connectivity index (χ1v) is 10.5. The van der Waals surface area contributed by atoms with E-state index in [0.29, 0.717) is 37.4 Å². The normalized spacial score (nSPS) is 29.0. The lowest BCUT2D eigenvalue weighted by Crippen LogP contribution is -2.47. The van der Waals surface area contributed by atoms with Gasteiger partial charge in [-0.25, -0.2) is 0 Å². The maximum atomic E-state index is 12.8. The van der Waals surface area contributed by atoms with Gasteiger partial charge < -0.3 is 14.9 Å². The Bertz CT molecular complexity index is 483. The van der Waals surface area contributed by atoms with Gasteiger partial charge in [-0.15, -0.1) is 0 Å². The highest BCUT2D eigenvalue weighted by Gasteiger charge is 2.33. The molecule has 3 saturated heterocycles. The summed E-state index contributed by atoms with van der Waals surface area (Å²) in [6.07, 6.45) is 6.35. The van der Waals surface area contributed by atoms with Crippen molar-refractivity contribution in [2.24, 2.45) is 17.8 Å². The fraction of sp³-hybridized carbons (Fsp3) is 0.900. The van der Waals surface area contributed by atoms with Gasteiger partial charge in [0.25, 0.3) is 0 Å². The van der Waals surface area contributed by atoms with E-state index in [9.17, 15) is 14.7 Å². The van der Waals surface area contributed by atoms with E-state index in [4.69, 9.17) is 0 Å². The summed E-state index contributed by atoms with van der Waals surface area (Å²) in [5.74, 6) is 1.34. The predicted octanol–water partition coefficient (Wildman–Crippen LogP) is 1.19. The molecule has 3 fully saturated rings. The van der Waals surface area contributed by atoms with E-state index in [0.717, 1.165) is 51.9 Å². The van der Waals surface area contributed by atoms with Gasteiger partial charge in [0, 0.05) is 51.8 Å². The van der Waals surface area contributed by atoms with E-state index in [2.05, 4.69) is 16.7 Å². The lowest BCUT2D eigenvalue weighted by molar-refractivity contribution is -0.141. The molecule has 148 valence electrons. The Hall–Kier alpha value is -1.14. The first kappa shape index (κ1) is 19.6. The summed E-state index contributed by atoms with van der Waals surface area (Å²) < 4.78 is 0. The molecule has 0 radical (unpaired) electrons. The minimum Gasteiger partial charge on any atom is -0.396 e. The quantitative estimate of drug-likeness (QED) is 0.813. The van der Waals surface area contributed by atoms with Crippen LogP contribution >= 0.6 is 0 Å².